The summed E-state index contributed by atoms with van der Waals surface area (Å²) in [7, 11) is 0. The third kappa shape index (κ3) is 3.28. The lowest BCUT2D eigenvalue weighted by molar-refractivity contribution is -0.384. The zero-order chi connectivity index (χ0) is 14.5. The van der Waals surface area contributed by atoms with Gasteiger partial charge >= 0.3 is 0 Å². The van der Waals surface area contributed by atoms with Crippen molar-refractivity contribution < 1.29 is 10.0 Å². The molecule has 5 heteroatoms. The van der Waals surface area contributed by atoms with Crippen LogP contribution in [-0.4, -0.2) is 29.2 Å². The van der Waals surface area contributed by atoms with Crippen molar-refractivity contribution in [2.24, 2.45) is 0 Å². The van der Waals surface area contributed by atoms with Gasteiger partial charge < -0.3 is 10.0 Å². The van der Waals surface area contributed by atoms with Crippen molar-refractivity contribution in [3.8, 4) is 0 Å². The van der Waals surface area contributed by atoms with Crippen LogP contribution in [-0.2, 0) is 0 Å². The minimum atomic E-state index is -0.331. The van der Waals surface area contributed by atoms with Crippen LogP contribution in [0.5, 0.6) is 0 Å². The van der Waals surface area contributed by atoms with Crippen LogP contribution in [0.25, 0.3) is 0 Å². The maximum absolute atomic E-state index is 11.2. The fourth-order valence-corrected chi connectivity index (χ4v) is 3.02. The van der Waals surface area contributed by atoms with E-state index in [9.17, 15) is 15.2 Å². The van der Waals surface area contributed by atoms with Crippen molar-refractivity contribution in [3.05, 3.63) is 33.9 Å². The maximum Gasteiger partial charge on any atom is 0.292 e. The quantitative estimate of drug-likeness (QED) is 0.664. The molecule has 0 bridgehead atoms. The van der Waals surface area contributed by atoms with E-state index in [0.717, 1.165) is 31.2 Å². The molecule has 0 aromatic heterocycles. The molecule has 5 nitrogen and oxygen atoms in total. The van der Waals surface area contributed by atoms with Gasteiger partial charge in [-0.3, -0.25) is 10.1 Å². The van der Waals surface area contributed by atoms with Crippen LogP contribution in [0, 0.1) is 17.0 Å². The van der Waals surface area contributed by atoms with Gasteiger partial charge in [-0.05, 0) is 31.4 Å². The van der Waals surface area contributed by atoms with Crippen molar-refractivity contribution in [3.63, 3.8) is 0 Å². The number of aliphatic hydroxyl groups excluding tert-OH is 1. The van der Waals surface area contributed by atoms with Crippen LogP contribution in [0.1, 0.15) is 37.7 Å². The first-order valence-electron chi connectivity index (χ1n) is 7.26. The van der Waals surface area contributed by atoms with Crippen LogP contribution in [0.2, 0.25) is 0 Å². The minimum absolute atomic E-state index is 0.0155. The van der Waals surface area contributed by atoms with Gasteiger partial charge in [-0.1, -0.05) is 25.3 Å². The Morgan fingerprint density at radius 1 is 1.35 bits per heavy atom. The molecular formula is C15H22N2O3. The molecule has 1 aliphatic carbocycles. The molecule has 0 amide bonds. The lowest BCUT2D eigenvalue weighted by Crippen LogP contribution is -2.39. The van der Waals surface area contributed by atoms with Gasteiger partial charge in [-0.15, -0.1) is 0 Å². The molecule has 0 saturated heterocycles. The van der Waals surface area contributed by atoms with Gasteiger partial charge in [0, 0.05) is 18.7 Å². The number of aliphatic hydroxyl groups is 1. The predicted molar refractivity (Wildman–Crippen MR) is 79.1 cm³/mol. The van der Waals surface area contributed by atoms with E-state index in [0.29, 0.717) is 18.3 Å². The topological polar surface area (TPSA) is 66.6 Å². The molecule has 0 spiro atoms. The molecule has 1 fully saturated rings. The first kappa shape index (κ1) is 14.8. The summed E-state index contributed by atoms with van der Waals surface area (Å²) in [5.41, 5.74) is 1.79. The molecule has 0 aliphatic heterocycles. The monoisotopic (exact) mass is 278 g/mol. The van der Waals surface area contributed by atoms with E-state index in [4.69, 9.17) is 0 Å². The molecule has 1 saturated carbocycles. The normalized spacial score (nSPS) is 16.1. The Morgan fingerprint density at radius 3 is 2.65 bits per heavy atom. The van der Waals surface area contributed by atoms with Crippen molar-refractivity contribution in [1.82, 2.24) is 0 Å². The number of aryl methyl sites for hydroxylation is 1. The van der Waals surface area contributed by atoms with Gasteiger partial charge in [-0.25, -0.2) is 0 Å². The standard InChI is InChI=1S/C15H22N2O3/c1-12-7-8-14(17(19)20)15(11-12)16(9-10-18)13-5-3-2-4-6-13/h7-8,11,13,18H,2-6,9-10H2,1H3. The van der Waals surface area contributed by atoms with Crippen molar-refractivity contribution in [2.45, 2.75) is 45.1 Å². The number of anilines is 1. The molecule has 2 rings (SSSR count). The number of nitro benzene ring substituents is 1. The fraction of sp³-hybridized carbons (Fsp3) is 0.600. The van der Waals surface area contributed by atoms with Gasteiger partial charge in [0.1, 0.15) is 5.69 Å². The number of rotatable bonds is 5. The molecule has 1 N–H and O–H groups in total. The number of hydrogen-bond acceptors (Lipinski definition) is 4. The van der Waals surface area contributed by atoms with Gasteiger partial charge in [0.25, 0.3) is 5.69 Å². The van der Waals surface area contributed by atoms with Gasteiger partial charge in [0.2, 0.25) is 0 Å². The number of hydrogen-bond donors (Lipinski definition) is 1. The van der Waals surface area contributed by atoms with E-state index in [1.807, 2.05) is 17.9 Å². The number of benzene rings is 1. The van der Waals surface area contributed by atoms with Crippen LogP contribution in [0.4, 0.5) is 11.4 Å². The molecule has 0 heterocycles. The van der Waals surface area contributed by atoms with Crippen LogP contribution in [0.15, 0.2) is 18.2 Å². The average Bonchev–Trinajstić information content (AvgIpc) is 2.45. The highest BCUT2D eigenvalue weighted by atomic mass is 16.6. The van der Waals surface area contributed by atoms with E-state index in [1.54, 1.807) is 12.1 Å². The molecule has 1 aromatic rings. The Bertz CT molecular complexity index is 470. The van der Waals surface area contributed by atoms with Crippen LogP contribution >= 0.6 is 0 Å². The van der Waals surface area contributed by atoms with Crippen molar-refractivity contribution in [2.75, 3.05) is 18.1 Å². The summed E-state index contributed by atoms with van der Waals surface area (Å²) in [4.78, 5) is 12.9. The number of nitro groups is 1. The first-order chi connectivity index (χ1) is 9.63. The average molecular weight is 278 g/mol. The molecule has 0 unspecified atom stereocenters. The highest BCUT2D eigenvalue weighted by Gasteiger charge is 2.26. The van der Waals surface area contributed by atoms with E-state index in [2.05, 4.69) is 0 Å². The summed E-state index contributed by atoms with van der Waals surface area (Å²) < 4.78 is 0. The third-order valence-electron chi connectivity index (χ3n) is 3.99. The van der Waals surface area contributed by atoms with Gasteiger partial charge in [0.05, 0.1) is 11.5 Å². The SMILES string of the molecule is Cc1ccc([N+](=O)[O-])c(N(CCO)C2CCCCC2)c1. The fourth-order valence-electron chi connectivity index (χ4n) is 3.02. The Kier molecular flexibility index (Phi) is 4.95. The first-order valence-corrected chi connectivity index (χ1v) is 7.26. The van der Waals surface area contributed by atoms with E-state index >= 15 is 0 Å². The third-order valence-corrected chi connectivity index (χ3v) is 3.99. The maximum atomic E-state index is 11.2. The summed E-state index contributed by atoms with van der Waals surface area (Å²) in [5.74, 6) is 0. The van der Waals surface area contributed by atoms with Gasteiger partial charge in [0.15, 0.2) is 0 Å². The second-order valence-corrected chi connectivity index (χ2v) is 5.46. The lowest BCUT2D eigenvalue weighted by atomic mass is 9.93. The summed E-state index contributed by atoms with van der Waals surface area (Å²) in [6, 6.07) is 5.50. The van der Waals surface area contributed by atoms with E-state index < -0.39 is 0 Å². The molecule has 110 valence electrons. The minimum Gasteiger partial charge on any atom is -0.395 e. The zero-order valence-electron chi connectivity index (χ0n) is 11.9. The van der Waals surface area contributed by atoms with Crippen molar-refractivity contribution in [1.29, 1.82) is 0 Å². The summed E-state index contributed by atoms with van der Waals surface area (Å²) in [5, 5.41) is 20.6. The molecular weight excluding hydrogens is 256 g/mol. The molecule has 1 aliphatic rings. The van der Waals surface area contributed by atoms with Crippen LogP contribution < -0.4 is 4.90 Å². The van der Waals surface area contributed by atoms with Gasteiger partial charge in [-0.2, -0.15) is 0 Å². The summed E-state index contributed by atoms with van der Waals surface area (Å²) in [6.45, 7) is 2.40. The highest BCUT2D eigenvalue weighted by Crippen LogP contribution is 2.34. The highest BCUT2D eigenvalue weighted by molar-refractivity contribution is 5.65. The predicted octanol–water partition coefficient (Wildman–Crippen LogP) is 3.03. The Morgan fingerprint density at radius 2 is 2.05 bits per heavy atom. The molecule has 0 radical (unpaired) electrons. The van der Waals surface area contributed by atoms with E-state index in [1.165, 1.54) is 6.42 Å². The Labute approximate surface area is 119 Å². The van der Waals surface area contributed by atoms with Crippen LogP contribution in [0.3, 0.4) is 0 Å². The molecule has 1 aromatic carbocycles. The van der Waals surface area contributed by atoms with Crippen molar-refractivity contribution >= 4 is 11.4 Å². The summed E-state index contributed by atoms with van der Waals surface area (Å²) in [6.07, 6.45) is 5.65. The number of nitrogens with zero attached hydrogens (tertiary/aromatic N) is 2. The Balaban J connectivity index is 2.36. The second kappa shape index (κ2) is 6.70. The molecule has 0 atom stereocenters. The largest absolute Gasteiger partial charge is 0.395 e. The second-order valence-electron chi connectivity index (χ2n) is 5.46. The zero-order valence-corrected chi connectivity index (χ0v) is 11.9. The molecule has 20 heavy (non-hydrogen) atoms. The summed E-state index contributed by atoms with van der Waals surface area (Å²) >= 11 is 0. The van der Waals surface area contributed by atoms with E-state index in [-0.39, 0.29) is 17.2 Å². The Hall–Kier alpha value is -1.62. The smallest absolute Gasteiger partial charge is 0.292 e. The lowest BCUT2D eigenvalue weighted by Gasteiger charge is -2.35.